The Bertz CT molecular complexity index is 1080. The molecule has 3 aromatic rings. The highest BCUT2D eigenvalue weighted by molar-refractivity contribution is 9.10. The van der Waals surface area contributed by atoms with E-state index in [1.807, 2.05) is 30.3 Å². The van der Waals surface area contributed by atoms with Crippen LogP contribution in [-0.2, 0) is 19.6 Å². The highest BCUT2D eigenvalue weighted by Gasteiger charge is 2.14. The third-order valence-electron chi connectivity index (χ3n) is 5.08. The molecule has 0 amide bonds. The van der Waals surface area contributed by atoms with Crippen molar-refractivity contribution in [2.45, 2.75) is 19.6 Å². The lowest BCUT2D eigenvalue weighted by Gasteiger charge is -2.16. The Hall–Kier alpha value is -2.48. The third kappa shape index (κ3) is 6.53. The van der Waals surface area contributed by atoms with Gasteiger partial charge >= 0.3 is 0 Å². The van der Waals surface area contributed by atoms with Gasteiger partial charge in [0.25, 0.3) is 0 Å². The summed E-state index contributed by atoms with van der Waals surface area (Å²) < 4.78 is 36.7. The van der Waals surface area contributed by atoms with Gasteiger partial charge in [0.1, 0.15) is 12.4 Å². The summed E-state index contributed by atoms with van der Waals surface area (Å²) in [6.07, 6.45) is 0.837. The third-order valence-corrected chi connectivity index (χ3v) is 6.02. The predicted octanol–water partition coefficient (Wildman–Crippen LogP) is 6.18. The van der Waals surface area contributed by atoms with Gasteiger partial charge in [0, 0.05) is 12.1 Å². The molecule has 3 aromatic carbocycles. The van der Waals surface area contributed by atoms with E-state index in [1.165, 1.54) is 6.07 Å². The predicted molar refractivity (Wildman–Crippen MR) is 131 cm³/mol. The summed E-state index contributed by atoms with van der Waals surface area (Å²) in [7, 11) is 4.82. The maximum atomic E-state index is 14.0. The van der Waals surface area contributed by atoms with Crippen molar-refractivity contribution in [3.63, 3.8) is 0 Å². The van der Waals surface area contributed by atoms with Gasteiger partial charge in [-0.15, -0.1) is 0 Å². The van der Waals surface area contributed by atoms with Crippen molar-refractivity contribution in [1.82, 2.24) is 5.32 Å². The first-order valence-electron chi connectivity index (χ1n) is 10.3. The molecular formula is C25H26BrClFNO4. The van der Waals surface area contributed by atoms with Gasteiger partial charge in [0.05, 0.1) is 30.8 Å². The number of halogens is 3. The van der Waals surface area contributed by atoms with E-state index >= 15 is 0 Å². The van der Waals surface area contributed by atoms with Gasteiger partial charge in [-0.3, -0.25) is 0 Å². The molecule has 0 fully saturated rings. The first kappa shape index (κ1) is 25.1. The first-order valence-corrected chi connectivity index (χ1v) is 11.5. The Morgan fingerprint density at radius 1 is 0.909 bits per heavy atom. The summed E-state index contributed by atoms with van der Waals surface area (Å²) in [4.78, 5) is 0. The Morgan fingerprint density at radius 2 is 1.64 bits per heavy atom. The minimum atomic E-state index is -0.409. The molecule has 0 aliphatic carbocycles. The molecule has 3 rings (SSSR count). The van der Waals surface area contributed by atoms with Crippen LogP contribution in [0.25, 0.3) is 0 Å². The zero-order valence-electron chi connectivity index (χ0n) is 18.7. The number of hydrogen-bond donors (Lipinski definition) is 1. The van der Waals surface area contributed by atoms with Crippen LogP contribution in [0.15, 0.2) is 53.0 Å². The number of nitrogens with one attached hydrogen (secondary N) is 1. The van der Waals surface area contributed by atoms with Crippen molar-refractivity contribution in [2.75, 3.05) is 27.9 Å². The van der Waals surface area contributed by atoms with Gasteiger partial charge in [-0.05, 0) is 76.4 Å². The molecule has 0 radical (unpaired) electrons. The zero-order chi connectivity index (χ0) is 23.8. The quantitative estimate of drug-likeness (QED) is 0.296. The number of hydrogen-bond acceptors (Lipinski definition) is 5. The lowest BCUT2D eigenvalue weighted by Crippen LogP contribution is -2.17. The van der Waals surface area contributed by atoms with Crippen molar-refractivity contribution < 1.29 is 23.3 Å². The monoisotopic (exact) mass is 537 g/mol. The minimum Gasteiger partial charge on any atom is -0.493 e. The second-order valence-electron chi connectivity index (χ2n) is 7.21. The van der Waals surface area contributed by atoms with Crippen LogP contribution >= 0.6 is 27.5 Å². The highest BCUT2D eigenvalue weighted by atomic mass is 79.9. The van der Waals surface area contributed by atoms with E-state index in [-0.39, 0.29) is 6.61 Å². The number of methoxy groups -OCH3 is 3. The maximum absolute atomic E-state index is 14.0. The van der Waals surface area contributed by atoms with Gasteiger partial charge in [0.2, 0.25) is 0 Å². The fraction of sp³-hybridized carbons (Fsp3) is 0.280. The Balaban J connectivity index is 1.60. The molecule has 0 aliphatic heterocycles. The second kappa shape index (κ2) is 12.1. The summed E-state index contributed by atoms with van der Waals surface area (Å²) in [5, 5.41) is 3.75. The van der Waals surface area contributed by atoms with Crippen molar-refractivity contribution >= 4 is 27.5 Å². The molecule has 1 N–H and O–H groups in total. The van der Waals surface area contributed by atoms with E-state index in [1.54, 1.807) is 33.5 Å². The summed E-state index contributed by atoms with van der Waals surface area (Å²) >= 11 is 9.64. The molecule has 0 saturated carbocycles. The number of ether oxygens (including phenoxy) is 4. The molecule has 0 spiro atoms. The second-order valence-corrected chi connectivity index (χ2v) is 8.48. The fourth-order valence-corrected chi connectivity index (χ4v) is 4.15. The summed E-state index contributed by atoms with van der Waals surface area (Å²) in [6, 6.07) is 14.3. The lowest BCUT2D eigenvalue weighted by atomic mass is 10.1. The lowest BCUT2D eigenvalue weighted by molar-refractivity contribution is 0.277. The molecule has 5 nitrogen and oxygen atoms in total. The van der Waals surface area contributed by atoms with Crippen LogP contribution in [-0.4, -0.2) is 27.9 Å². The van der Waals surface area contributed by atoms with Crippen LogP contribution in [0.1, 0.15) is 16.7 Å². The molecule has 0 aliphatic rings. The van der Waals surface area contributed by atoms with E-state index in [9.17, 15) is 4.39 Å². The SMILES string of the molecule is COc1ccc(CCNCc2cc(Br)c(OCc3c(F)cccc3Cl)c(OC)c2)cc1OC. The molecular weight excluding hydrogens is 513 g/mol. The van der Waals surface area contributed by atoms with E-state index in [2.05, 4.69) is 21.2 Å². The van der Waals surface area contributed by atoms with E-state index < -0.39 is 5.82 Å². The molecule has 0 aromatic heterocycles. The van der Waals surface area contributed by atoms with Crippen molar-refractivity contribution in [3.8, 4) is 23.0 Å². The van der Waals surface area contributed by atoms with E-state index in [4.69, 9.17) is 30.5 Å². The average molecular weight is 539 g/mol. The fourth-order valence-electron chi connectivity index (χ4n) is 3.33. The summed E-state index contributed by atoms with van der Waals surface area (Å²) in [6.45, 7) is 1.41. The van der Waals surface area contributed by atoms with Crippen LogP contribution in [0, 0.1) is 5.82 Å². The Morgan fingerprint density at radius 3 is 2.33 bits per heavy atom. The van der Waals surface area contributed by atoms with Crippen LogP contribution in [0.3, 0.4) is 0 Å². The molecule has 0 saturated heterocycles. The zero-order valence-corrected chi connectivity index (χ0v) is 21.1. The maximum Gasteiger partial charge on any atom is 0.175 e. The highest BCUT2D eigenvalue weighted by Crippen LogP contribution is 2.37. The Kier molecular flexibility index (Phi) is 9.23. The number of benzene rings is 3. The smallest absolute Gasteiger partial charge is 0.175 e. The molecule has 8 heteroatoms. The molecule has 0 heterocycles. The van der Waals surface area contributed by atoms with Crippen LogP contribution in [0.4, 0.5) is 4.39 Å². The molecule has 0 atom stereocenters. The standard InChI is InChI=1S/C25H26BrClFNO4/c1-30-22-8-7-16(12-23(22)31-2)9-10-29-14-17-11-19(26)25(24(13-17)32-3)33-15-18-20(27)5-4-6-21(18)28/h4-8,11-13,29H,9-10,14-15H2,1-3H3. The van der Waals surface area contributed by atoms with Crippen molar-refractivity contribution in [2.24, 2.45) is 0 Å². The Labute approximate surface area is 206 Å². The minimum absolute atomic E-state index is 0.0105. The van der Waals surface area contributed by atoms with Crippen LogP contribution in [0.2, 0.25) is 5.02 Å². The first-order chi connectivity index (χ1) is 16.0. The van der Waals surface area contributed by atoms with Gasteiger partial charge in [-0.2, -0.15) is 0 Å². The van der Waals surface area contributed by atoms with E-state index in [0.29, 0.717) is 38.9 Å². The van der Waals surface area contributed by atoms with Crippen LogP contribution in [0.5, 0.6) is 23.0 Å². The topological polar surface area (TPSA) is 49.0 Å². The van der Waals surface area contributed by atoms with Gasteiger partial charge in [-0.1, -0.05) is 23.7 Å². The number of rotatable bonds is 11. The molecule has 0 bridgehead atoms. The molecule has 33 heavy (non-hydrogen) atoms. The van der Waals surface area contributed by atoms with Crippen LogP contribution < -0.4 is 24.3 Å². The molecule has 176 valence electrons. The normalized spacial score (nSPS) is 10.7. The van der Waals surface area contributed by atoms with E-state index in [0.717, 1.165) is 29.8 Å². The largest absolute Gasteiger partial charge is 0.493 e. The molecule has 0 unspecified atom stereocenters. The van der Waals surface area contributed by atoms with Crippen molar-refractivity contribution in [3.05, 3.63) is 80.5 Å². The van der Waals surface area contributed by atoms with Gasteiger partial charge in [0.15, 0.2) is 23.0 Å². The van der Waals surface area contributed by atoms with Gasteiger partial charge < -0.3 is 24.3 Å². The summed E-state index contributed by atoms with van der Waals surface area (Å²) in [5.74, 6) is 2.06. The average Bonchev–Trinajstić information content (AvgIpc) is 2.82. The van der Waals surface area contributed by atoms with Crippen molar-refractivity contribution in [1.29, 1.82) is 0 Å². The summed E-state index contributed by atoms with van der Waals surface area (Å²) in [5.41, 5.74) is 2.46. The van der Waals surface area contributed by atoms with Gasteiger partial charge in [-0.25, -0.2) is 4.39 Å².